The zero-order valence-electron chi connectivity index (χ0n) is 16.3. The summed E-state index contributed by atoms with van der Waals surface area (Å²) in [7, 11) is 1.50. The van der Waals surface area contributed by atoms with Gasteiger partial charge in [-0.25, -0.2) is 0 Å². The molecule has 0 aliphatic heterocycles. The summed E-state index contributed by atoms with van der Waals surface area (Å²) in [4.78, 5) is 25.6. The van der Waals surface area contributed by atoms with Gasteiger partial charge in [0, 0.05) is 16.8 Å². The molecular formula is C21H25ClN2O3. The second-order valence-electron chi connectivity index (χ2n) is 6.85. The number of benzene rings is 2. The predicted molar refractivity (Wildman–Crippen MR) is 110 cm³/mol. The summed E-state index contributed by atoms with van der Waals surface area (Å²) < 4.78 is 5.28. The van der Waals surface area contributed by atoms with Crippen LogP contribution in [0.4, 0.5) is 11.4 Å². The highest BCUT2D eigenvalue weighted by Crippen LogP contribution is 2.32. The molecule has 2 aromatic carbocycles. The van der Waals surface area contributed by atoms with E-state index < -0.39 is 11.3 Å². The number of hydrogen-bond acceptors (Lipinski definition) is 3. The van der Waals surface area contributed by atoms with Crippen molar-refractivity contribution in [2.75, 3.05) is 17.7 Å². The van der Waals surface area contributed by atoms with Crippen LogP contribution < -0.4 is 15.4 Å². The van der Waals surface area contributed by atoms with Crippen molar-refractivity contribution in [3.63, 3.8) is 0 Å². The Kier molecular flexibility index (Phi) is 6.50. The van der Waals surface area contributed by atoms with Crippen LogP contribution >= 0.6 is 11.6 Å². The molecule has 2 rings (SSSR count). The van der Waals surface area contributed by atoms with E-state index in [1.165, 1.54) is 7.11 Å². The van der Waals surface area contributed by atoms with Crippen LogP contribution in [0.3, 0.4) is 0 Å². The van der Waals surface area contributed by atoms with Crippen molar-refractivity contribution in [2.45, 2.75) is 34.1 Å². The topological polar surface area (TPSA) is 67.4 Å². The van der Waals surface area contributed by atoms with Crippen LogP contribution in [0.2, 0.25) is 5.02 Å². The van der Waals surface area contributed by atoms with Crippen molar-refractivity contribution in [3.8, 4) is 5.75 Å². The van der Waals surface area contributed by atoms with Crippen molar-refractivity contribution in [1.29, 1.82) is 0 Å². The van der Waals surface area contributed by atoms with Crippen LogP contribution in [0.25, 0.3) is 0 Å². The molecule has 0 fully saturated rings. The number of halogens is 1. The number of ether oxygens (including phenoxy) is 1. The van der Waals surface area contributed by atoms with Crippen molar-refractivity contribution in [1.82, 2.24) is 0 Å². The average molecular weight is 389 g/mol. The number of hydrogen-bond donors (Lipinski definition) is 2. The van der Waals surface area contributed by atoms with E-state index in [2.05, 4.69) is 10.6 Å². The van der Waals surface area contributed by atoms with E-state index in [1.807, 2.05) is 38.1 Å². The standard InChI is InChI=1S/C21H25ClN2O3/c1-6-14-9-7-8-10-16(14)23-19(25)21(3,4)20(26)24-17-11-13(2)15(22)12-18(17)27-5/h7-12H,6H2,1-5H3,(H,23,25)(H,24,26). The first-order valence-electron chi connectivity index (χ1n) is 8.75. The van der Waals surface area contributed by atoms with Gasteiger partial charge >= 0.3 is 0 Å². The molecule has 144 valence electrons. The fourth-order valence-electron chi connectivity index (χ4n) is 2.54. The number of methoxy groups -OCH3 is 1. The Morgan fingerprint density at radius 3 is 2.26 bits per heavy atom. The number of amides is 2. The molecule has 0 spiro atoms. The summed E-state index contributed by atoms with van der Waals surface area (Å²) in [6.45, 7) is 7.01. The first-order valence-corrected chi connectivity index (χ1v) is 9.13. The van der Waals surface area contributed by atoms with E-state index in [-0.39, 0.29) is 5.91 Å². The third-order valence-electron chi connectivity index (χ3n) is 4.51. The third kappa shape index (κ3) is 4.61. The van der Waals surface area contributed by atoms with Crippen LogP contribution in [-0.2, 0) is 16.0 Å². The molecule has 6 heteroatoms. The lowest BCUT2D eigenvalue weighted by atomic mass is 9.90. The number of aryl methyl sites for hydroxylation is 2. The Labute approximate surface area is 165 Å². The molecule has 0 radical (unpaired) electrons. The van der Waals surface area contributed by atoms with Crippen LogP contribution in [0.1, 0.15) is 31.9 Å². The molecule has 2 N–H and O–H groups in total. The van der Waals surface area contributed by atoms with Gasteiger partial charge in [0.2, 0.25) is 11.8 Å². The number of carbonyl (C=O) groups is 2. The molecule has 0 aliphatic rings. The second-order valence-corrected chi connectivity index (χ2v) is 7.25. The largest absolute Gasteiger partial charge is 0.495 e. The summed E-state index contributed by atoms with van der Waals surface area (Å²) in [6.07, 6.45) is 0.782. The van der Waals surface area contributed by atoms with Gasteiger partial charge in [-0.2, -0.15) is 0 Å². The first-order chi connectivity index (χ1) is 12.7. The lowest BCUT2D eigenvalue weighted by Crippen LogP contribution is -2.41. The number of rotatable bonds is 6. The van der Waals surface area contributed by atoms with Crippen molar-refractivity contribution < 1.29 is 14.3 Å². The highest BCUT2D eigenvalue weighted by atomic mass is 35.5. The predicted octanol–water partition coefficient (Wildman–Crippen LogP) is 4.82. The minimum Gasteiger partial charge on any atom is -0.495 e. The summed E-state index contributed by atoms with van der Waals surface area (Å²) in [5, 5.41) is 6.19. The smallest absolute Gasteiger partial charge is 0.239 e. The quantitative estimate of drug-likeness (QED) is 0.697. The average Bonchev–Trinajstić information content (AvgIpc) is 2.64. The molecule has 0 aliphatic carbocycles. The summed E-state index contributed by atoms with van der Waals surface area (Å²) >= 11 is 6.10. The minimum atomic E-state index is -1.29. The van der Waals surface area contributed by atoms with Crippen molar-refractivity contribution in [3.05, 3.63) is 52.5 Å². The van der Waals surface area contributed by atoms with Gasteiger partial charge in [-0.3, -0.25) is 9.59 Å². The van der Waals surface area contributed by atoms with Gasteiger partial charge in [-0.1, -0.05) is 36.7 Å². The molecule has 0 atom stereocenters. The van der Waals surface area contributed by atoms with Gasteiger partial charge in [-0.15, -0.1) is 0 Å². The Morgan fingerprint density at radius 2 is 1.67 bits per heavy atom. The maximum Gasteiger partial charge on any atom is 0.239 e. The molecule has 0 unspecified atom stereocenters. The Morgan fingerprint density at radius 1 is 1.07 bits per heavy atom. The Bertz CT molecular complexity index is 863. The molecular weight excluding hydrogens is 364 g/mol. The molecule has 0 heterocycles. The monoisotopic (exact) mass is 388 g/mol. The highest BCUT2D eigenvalue weighted by Gasteiger charge is 2.37. The molecule has 0 bridgehead atoms. The number of carbonyl (C=O) groups excluding carboxylic acids is 2. The van der Waals surface area contributed by atoms with Gasteiger partial charge in [0.1, 0.15) is 11.2 Å². The molecule has 2 amide bonds. The normalized spacial score (nSPS) is 11.0. The van der Waals surface area contributed by atoms with E-state index >= 15 is 0 Å². The van der Waals surface area contributed by atoms with Gasteiger partial charge in [0.25, 0.3) is 0 Å². The molecule has 2 aromatic rings. The van der Waals surface area contributed by atoms with Crippen LogP contribution in [-0.4, -0.2) is 18.9 Å². The third-order valence-corrected chi connectivity index (χ3v) is 4.92. The van der Waals surface area contributed by atoms with E-state index in [4.69, 9.17) is 16.3 Å². The molecule has 27 heavy (non-hydrogen) atoms. The summed E-state index contributed by atoms with van der Waals surface area (Å²) in [5.41, 5.74) is 1.70. The van der Waals surface area contributed by atoms with Crippen molar-refractivity contribution >= 4 is 34.8 Å². The summed E-state index contributed by atoms with van der Waals surface area (Å²) in [6, 6.07) is 10.9. The zero-order valence-corrected chi connectivity index (χ0v) is 17.0. The lowest BCUT2D eigenvalue weighted by molar-refractivity contribution is -0.135. The second kappa shape index (κ2) is 8.44. The van der Waals surface area contributed by atoms with Crippen molar-refractivity contribution in [2.24, 2.45) is 5.41 Å². The van der Waals surface area contributed by atoms with E-state index in [0.29, 0.717) is 22.1 Å². The first kappa shape index (κ1) is 20.8. The van der Waals surface area contributed by atoms with Crippen LogP contribution in [0.5, 0.6) is 5.75 Å². The van der Waals surface area contributed by atoms with E-state index in [0.717, 1.165) is 17.5 Å². The fraction of sp³-hybridized carbons (Fsp3) is 0.333. The summed E-state index contributed by atoms with van der Waals surface area (Å²) in [5.74, 6) is -0.383. The van der Waals surface area contributed by atoms with Crippen LogP contribution in [0, 0.1) is 12.3 Å². The van der Waals surface area contributed by atoms with E-state index in [1.54, 1.807) is 26.0 Å². The fourth-order valence-corrected chi connectivity index (χ4v) is 2.69. The highest BCUT2D eigenvalue weighted by molar-refractivity contribution is 6.31. The Hall–Kier alpha value is -2.53. The Balaban J connectivity index is 2.22. The maximum atomic E-state index is 12.8. The number of para-hydroxylation sites is 1. The molecule has 0 aromatic heterocycles. The maximum absolute atomic E-state index is 12.8. The van der Waals surface area contributed by atoms with E-state index in [9.17, 15) is 9.59 Å². The van der Waals surface area contributed by atoms with Gasteiger partial charge in [0.05, 0.1) is 12.8 Å². The zero-order chi connectivity index (χ0) is 20.2. The minimum absolute atomic E-state index is 0.384. The number of nitrogens with one attached hydrogen (secondary N) is 2. The molecule has 0 saturated carbocycles. The molecule has 0 saturated heterocycles. The van der Waals surface area contributed by atoms with Crippen LogP contribution in [0.15, 0.2) is 36.4 Å². The lowest BCUT2D eigenvalue weighted by Gasteiger charge is -2.24. The SMILES string of the molecule is CCc1ccccc1NC(=O)C(C)(C)C(=O)Nc1cc(C)c(Cl)cc1OC. The molecule has 5 nitrogen and oxygen atoms in total. The van der Waals surface area contributed by atoms with Gasteiger partial charge in [0.15, 0.2) is 0 Å². The van der Waals surface area contributed by atoms with Gasteiger partial charge < -0.3 is 15.4 Å². The number of anilines is 2. The van der Waals surface area contributed by atoms with Gasteiger partial charge in [-0.05, 0) is 50.5 Å².